The van der Waals surface area contributed by atoms with Gasteiger partial charge in [0.25, 0.3) is 15.9 Å². The molecule has 0 unspecified atom stereocenters. The third-order valence-electron chi connectivity index (χ3n) is 3.92. The second-order valence-corrected chi connectivity index (χ2v) is 7.87. The lowest BCUT2D eigenvalue weighted by Gasteiger charge is -2.08. The zero-order valence-electron chi connectivity index (χ0n) is 17.5. The summed E-state index contributed by atoms with van der Waals surface area (Å²) >= 11 is 0. The van der Waals surface area contributed by atoms with E-state index in [-0.39, 0.29) is 50.1 Å². The minimum absolute atomic E-state index is 0.0353. The molecule has 0 aliphatic heterocycles. The van der Waals surface area contributed by atoms with E-state index in [0.717, 1.165) is 0 Å². The molecule has 2 aromatic carbocycles. The van der Waals surface area contributed by atoms with Crippen molar-refractivity contribution in [1.29, 1.82) is 0 Å². The Morgan fingerprint density at radius 3 is 1.66 bits per heavy atom. The SMILES string of the molecule is O=C(OCCOCCOCCOCCOS(=O)(=O)c1ccccc1)C(=O)c1ccccc1. The minimum atomic E-state index is -3.78. The van der Waals surface area contributed by atoms with Gasteiger partial charge in [-0.25, -0.2) is 4.79 Å². The summed E-state index contributed by atoms with van der Waals surface area (Å²) < 4.78 is 49.3. The number of ether oxygens (including phenoxy) is 4. The molecule has 10 heteroatoms. The molecular formula is C22H26O9S. The molecule has 0 atom stereocenters. The lowest BCUT2D eigenvalue weighted by molar-refractivity contribution is -0.139. The molecule has 0 aliphatic rings. The monoisotopic (exact) mass is 466 g/mol. The van der Waals surface area contributed by atoms with Crippen molar-refractivity contribution >= 4 is 21.9 Å². The average molecular weight is 467 g/mol. The van der Waals surface area contributed by atoms with Crippen LogP contribution in [-0.2, 0) is 38.0 Å². The Morgan fingerprint density at radius 2 is 1.09 bits per heavy atom. The van der Waals surface area contributed by atoms with Gasteiger partial charge >= 0.3 is 5.97 Å². The van der Waals surface area contributed by atoms with Crippen LogP contribution >= 0.6 is 0 Å². The Bertz CT molecular complexity index is 915. The summed E-state index contributed by atoms with van der Waals surface area (Å²) in [4.78, 5) is 23.5. The van der Waals surface area contributed by atoms with E-state index in [1.807, 2.05) is 0 Å². The molecule has 0 saturated heterocycles. The van der Waals surface area contributed by atoms with E-state index in [1.54, 1.807) is 48.5 Å². The summed E-state index contributed by atoms with van der Waals surface area (Å²) in [5, 5.41) is 0. The molecular weight excluding hydrogens is 440 g/mol. The number of rotatable bonds is 16. The Kier molecular flexibility index (Phi) is 11.6. The number of ketones is 1. The van der Waals surface area contributed by atoms with E-state index in [1.165, 1.54) is 12.1 Å². The first-order chi connectivity index (χ1) is 15.5. The number of carbonyl (C=O) groups excluding carboxylic acids is 2. The second kappa shape index (κ2) is 14.4. The van der Waals surface area contributed by atoms with Gasteiger partial charge in [0.1, 0.15) is 6.61 Å². The third-order valence-corrected chi connectivity index (χ3v) is 5.25. The van der Waals surface area contributed by atoms with Gasteiger partial charge in [0.05, 0.1) is 51.1 Å². The highest BCUT2D eigenvalue weighted by Crippen LogP contribution is 2.10. The fraction of sp³-hybridized carbons (Fsp3) is 0.364. The first-order valence-electron chi connectivity index (χ1n) is 9.95. The zero-order chi connectivity index (χ0) is 23.1. The molecule has 0 aromatic heterocycles. The van der Waals surface area contributed by atoms with Crippen LogP contribution in [0.1, 0.15) is 10.4 Å². The first-order valence-corrected chi connectivity index (χ1v) is 11.4. The van der Waals surface area contributed by atoms with Crippen LogP contribution in [-0.4, -0.2) is 73.0 Å². The molecule has 9 nitrogen and oxygen atoms in total. The van der Waals surface area contributed by atoms with Crippen molar-refractivity contribution in [3.05, 3.63) is 66.2 Å². The van der Waals surface area contributed by atoms with Crippen molar-refractivity contribution in [3.63, 3.8) is 0 Å². The fourth-order valence-electron chi connectivity index (χ4n) is 2.37. The highest BCUT2D eigenvalue weighted by Gasteiger charge is 2.17. The van der Waals surface area contributed by atoms with E-state index in [4.69, 9.17) is 23.1 Å². The minimum Gasteiger partial charge on any atom is -0.457 e. The lowest BCUT2D eigenvalue weighted by atomic mass is 10.1. The Morgan fingerprint density at radius 1 is 0.625 bits per heavy atom. The van der Waals surface area contributed by atoms with E-state index >= 15 is 0 Å². The molecule has 0 saturated carbocycles. The number of hydrogen-bond acceptors (Lipinski definition) is 9. The number of hydrogen-bond donors (Lipinski definition) is 0. The van der Waals surface area contributed by atoms with Crippen LogP contribution in [0.2, 0.25) is 0 Å². The predicted molar refractivity (Wildman–Crippen MR) is 114 cm³/mol. The summed E-state index contributed by atoms with van der Waals surface area (Å²) in [6, 6.07) is 16.0. The lowest BCUT2D eigenvalue weighted by Crippen LogP contribution is -2.20. The van der Waals surface area contributed by atoms with Gasteiger partial charge in [-0.2, -0.15) is 8.42 Å². The van der Waals surface area contributed by atoms with Gasteiger partial charge in [-0.3, -0.25) is 8.98 Å². The second-order valence-electron chi connectivity index (χ2n) is 6.26. The molecule has 2 aromatic rings. The van der Waals surface area contributed by atoms with E-state index in [0.29, 0.717) is 13.2 Å². The molecule has 0 N–H and O–H groups in total. The summed E-state index contributed by atoms with van der Waals surface area (Å²) in [7, 11) is -3.78. The quantitative estimate of drug-likeness (QED) is 0.120. The summed E-state index contributed by atoms with van der Waals surface area (Å²) in [6.07, 6.45) is 0. The maximum Gasteiger partial charge on any atom is 0.379 e. The van der Waals surface area contributed by atoms with Crippen molar-refractivity contribution in [2.75, 3.05) is 52.9 Å². The molecule has 0 radical (unpaired) electrons. The molecule has 0 spiro atoms. The van der Waals surface area contributed by atoms with Gasteiger partial charge in [0.15, 0.2) is 0 Å². The van der Waals surface area contributed by atoms with Gasteiger partial charge in [0, 0.05) is 5.56 Å². The fourth-order valence-corrected chi connectivity index (χ4v) is 3.28. The van der Waals surface area contributed by atoms with E-state index in [9.17, 15) is 18.0 Å². The van der Waals surface area contributed by atoms with Crippen molar-refractivity contribution in [2.24, 2.45) is 0 Å². The average Bonchev–Trinajstić information content (AvgIpc) is 2.82. The molecule has 32 heavy (non-hydrogen) atoms. The molecule has 0 heterocycles. The van der Waals surface area contributed by atoms with Crippen LogP contribution in [0, 0.1) is 0 Å². The predicted octanol–water partition coefficient (Wildman–Crippen LogP) is 1.87. The zero-order valence-corrected chi connectivity index (χ0v) is 18.3. The summed E-state index contributed by atoms with van der Waals surface area (Å²) in [6.45, 7) is 1.28. The van der Waals surface area contributed by atoms with Crippen LogP contribution in [0.5, 0.6) is 0 Å². The molecule has 174 valence electrons. The van der Waals surface area contributed by atoms with Crippen LogP contribution in [0.15, 0.2) is 65.6 Å². The highest BCUT2D eigenvalue weighted by atomic mass is 32.2. The van der Waals surface area contributed by atoms with Crippen LogP contribution in [0.3, 0.4) is 0 Å². The highest BCUT2D eigenvalue weighted by molar-refractivity contribution is 7.86. The number of carbonyl (C=O) groups is 2. The van der Waals surface area contributed by atoms with Crippen LogP contribution < -0.4 is 0 Å². The topological polar surface area (TPSA) is 114 Å². The molecule has 2 rings (SSSR count). The molecule has 0 aliphatic carbocycles. The first kappa shape index (κ1) is 25.6. The largest absolute Gasteiger partial charge is 0.457 e. The number of benzene rings is 2. The van der Waals surface area contributed by atoms with Crippen molar-refractivity contribution < 1.29 is 41.1 Å². The Balaban J connectivity index is 1.40. The van der Waals surface area contributed by atoms with Gasteiger partial charge < -0.3 is 18.9 Å². The normalized spacial score (nSPS) is 11.2. The molecule has 0 bridgehead atoms. The number of esters is 1. The standard InChI is InChI=1S/C22H26O9S/c23-21(19-7-3-1-4-8-19)22(24)30-17-15-28-13-11-27-12-14-29-16-18-31-32(25,26)20-9-5-2-6-10-20/h1-10H,11-18H2. The van der Waals surface area contributed by atoms with Gasteiger partial charge in [-0.1, -0.05) is 48.5 Å². The maximum absolute atomic E-state index is 11.9. The molecule has 0 amide bonds. The number of Topliss-reactive ketones (excluding diaryl/α,β-unsaturated/α-hetero) is 1. The van der Waals surface area contributed by atoms with Crippen molar-refractivity contribution in [1.82, 2.24) is 0 Å². The van der Waals surface area contributed by atoms with Gasteiger partial charge in [0.2, 0.25) is 0 Å². The molecule has 0 fully saturated rings. The maximum atomic E-state index is 11.9. The van der Waals surface area contributed by atoms with E-state index < -0.39 is 21.9 Å². The third kappa shape index (κ3) is 9.67. The van der Waals surface area contributed by atoms with Gasteiger partial charge in [-0.05, 0) is 12.1 Å². The smallest absolute Gasteiger partial charge is 0.379 e. The van der Waals surface area contributed by atoms with E-state index in [2.05, 4.69) is 0 Å². The summed E-state index contributed by atoms with van der Waals surface area (Å²) in [5.74, 6) is -1.62. The van der Waals surface area contributed by atoms with Gasteiger partial charge in [-0.15, -0.1) is 0 Å². The van der Waals surface area contributed by atoms with Crippen LogP contribution in [0.4, 0.5) is 0 Å². The van der Waals surface area contributed by atoms with Crippen LogP contribution in [0.25, 0.3) is 0 Å². The summed E-state index contributed by atoms with van der Waals surface area (Å²) in [5.41, 5.74) is 0.276. The van der Waals surface area contributed by atoms with Crippen molar-refractivity contribution in [3.8, 4) is 0 Å². The Hall–Kier alpha value is -2.63. The Labute approximate surface area is 187 Å². The van der Waals surface area contributed by atoms with Crippen molar-refractivity contribution in [2.45, 2.75) is 4.90 Å².